The van der Waals surface area contributed by atoms with Crippen LogP contribution in [0.3, 0.4) is 0 Å². The second-order valence-electron chi connectivity index (χ2n) is 6.47. The van der Waals surface area contributed by atoms with Gasteiger partial charge in [-0.15, -0.1) is 5.10 Å². The van der Waals surface area contributed by atoms with E-state index in [1.807, 2.05) is 30.9 Å². The van der Waals surface area contributed by atoms with Crippen LogP contribution in [0.4, 0.5) is 0 Å². The maximum Gasteiger partial charge on any atom is 0.217 e. The van der Waals surface area contributed by atoms with Crippen LogP contribution >= 0.6 is 0 Å². The van der Waals surface area contributed by atoms with E-state index in [9.17, 15) is 0 Å². The van der Waals surface area contributed by atoms with Gasteiger partial charge in [0.25, 0.3) is 0 Å². The van der Waals surface area contributed by atoms with Crippen molar-refractivity contribution in [2.75, 3.05) is 0 Å². The molecule has 0 aliphatic heterocycles. The Morgan fingerprint density at radius 2 is 2.12 bits per heavy atom. The molecule has 0 spiro atoms. The van der Waals surface area contributed by atoms with Gasteiger partial charge in [0.1, 0.15) is 5.82 Å². The zero-order valence-corrected chi connectivity index (χ0v) is 13.8. The molecule has 1 aliphatic carbocycles. The highest BCUT2D eigenvalue weighted by Crippen LogP contribution is 2.30. The second kappa shape index (κ2) is 7.03. The van der Waals surface area contributed by atoms with Gasteiger partial charge in [-0.05, 0) is 31.4 Å². The second-order valence-corrected chi connectivity index (χ2v) is 6.47. The molecule has 0 aromatic carbocycles. The van der Waals surface area contributed by atoms with E-state index in [0.717, 1.165) is 31.0 Å². The standard InChI is InChI=1S/C18H23N5O/c1-2-6-15(7-3-1)23-17(9-4-11-22-12-10-19-14-22)20-18(21-23)16-8-5-13-24-16/h5,8,10,12-15H,1-4,6-7,9,11H2. The van der Waals surface area contributed by atoms with Crippen LogP contribution in [0.2, 0.25) is 0 Å². The smallest absolute Gasteiger partial charge is 0.217 e. The van der Waals surface area contributed by atoms with Gasteiger partial charge in [0, 0.05) is 25.4 Å². The molecule has 0 amide bonds. The van der Waals surface area contributed by atoms with Crippen molar-refractivity contribution in [2.45, 2.75) is 57.5 Å². The van der Waals surface area contributed by atoms with Gasteiger partial charge in [-0.1, -0.05) is 19.3 Å². The lowest BCUT2D eigenvalue weighted by Gasteiger charge is -2.23. The predicted octanol–water partition coefficient (Wildman–Crippen LogP) is 3.87. The molecule has 3 aromatic heterocycles. The molecule has 24 heavy (non-hydrogen) atoms. The third-order valence-electron chi connectivity index (χ3n) is 4.74. The van der Waals surface area contributed by atoms with Gasteiger partial charge in [0.05, 0.1) is 18.6 Å². The van der Waals surface area contributed by atoms with Crippen LogP contribution in [-0.2, 0) is 13.0 Å². The molecule has 0 radical (unpaired) electrons. The van der Waals surface area contributed by atoms with Crippen LogP contribution in [0.25, 0.3) is 11.6 Å². The van der Waals surface area contributed by atoms with Crippen LogP contribution in [0.5, 0.6) is 0 Å². The summed E-state index contributed by atoms with van der Waals surface area (Å²) in [5.41, 5.74) is 0. The van der Waals surface area contributed by atoms with E-state index in [1.54, 1.807) is 6.26 Å². The number of aromatic nitrogens is 5. The SMILES string of the molecule is c1coc(-c2nc(CCCn3ccnc3)n(C3CCCCC3)n2)c1. The van der Waals surface area contributed by atoms with Crippen molar-refractivity contribution >= 4 is 0 Å². The van der Waals surface area contributed by atoms with Gasteiger partial charge in [-0.2, -0.15) is 0 Å². The molecule has 1 saturated carbocycles. The molecule has 126 valence electrons. The summed E-state index contributed by atoms with van der Waals surface area (Å²) in [6.45, 7) is 0.952. The summed E-state index contributed by atoms with van der Waals surface area (Å²) in [5, 5.41) is 4.78. The Kier molecular flexibility index (Phi) is 4.44. The summed E-state index contributed by atoms with van der Waals surface area (Å²) in [4.78, 5) is 8.87. The number of rotatable bonds is 6. The molecule has 6 nitrogen and oxygen atoms in total. The Morgan fingerprint density at radius 3 is 2.88 bits per heavy atom. The van der Waals surface area contributed by atoms with E-state index in [4.69, 9.17) is 14.5 Å². The summed E-state index contributed by atoms with van der Waals surface area (Å²) in [5.74, 6) is 2.54. The van der Waals surface area contributed by atoms with Crippen molar-refractivity contribution in [3.63, 3.8) is 0 Å². The Morgan fingerprint density at radius 1 is 1.21 bits per heavy atom. The van der Waals surface area contributed by atoms with E-state index in [1.165, 1.54) is 32.1 Å². The van der Waals surface area contributed by atoms with Gasteiger partial charge >= 0.3 is 0 Å². The topological polar surface area (TPSA) is 61.7 Å². The molecule has 1 fully saturated rings. The highest BCUT2D eigenvalue weighted by atomic mass is 16.3. The highest BCUT2D eigenvalue weighted by Gasteiger charge is 2.22. The monoisotopic (exact) mass is 325 g/mol. The minimum absolute atomic E-state index is 0.484. The summed E-state index contributed by atoms with van der Waals surface area (Å²) in [6.07, 6.45) is 15.6. The molecule has 0 atom stereocenters. The normalized spacial score (nSPS) is 15.8. The molecule has 0 bridgehead atoms. The zero-order valence-electron chi connectivity index (χ0n) is 13.8. The number of nitrogens with zero attached hydrogens (tertiary/aromatic N) is 5. The van der Waals surface area contributed by atoms with Crippen LogP contribution < -0.4 is 0 Å². The summed E-state index contributed by atoms with van der Waals surface area (Å²) in [6, 6.07) is 4.30. The summed E-state index contributed by atoms with van der Waals surface area (Å²) in [7, 11) is 0. The zero-order chi connectivity index (χ0) is 16.2. The Balaban J connectivity index is 1.53. The average molecular weight is 325 g/mol. The lowest BCUT2D eigenvalue weighted by Crippen LogP contribution is -2.17. The molecule has 4 rings (SSSR count). The first kappa shape index (κ1) is 15.2. The van der Waals surface area contributed by atoms with Crippen molar-refractivity contribution in [2.24, 2.45) is 0 Å². The van der Waals surface area contributed by atoms with Crippen molar-refractivity contribution in [1.29, 1.82) is 0 Å². The van der Waals surface area contributed by atoms with E-state index in [2.05, 4.69) is 14.2 Å². The minimum Gasteiger partial charge on any atom is -0.461 e. The van der Waals surface area contributed by atoms with E-state index >= 15 is 0 Å². The van der Waals surface area contributed by atoms with Crippen LogP contribution in [-0.4, -0.2) is 24.3 Å². The Labute approximate surface area is 141 Å². The first-order valence-electron chi connectivity index (χ1n) is 8.85. The van der Waals surface area contributed by atoms with Gasteiger partial charge in [0.15, 0.2) is 5.76 Å². The van der Waals surface area contributed by atoms with Crippen LogP contribution in [0.15, 0.2) is 41.5 Å². The largest absolute Gasteiger partial charge is 0.461 e. The Hall–Kier alpha value is -2.37. The maximum atomic E-state index is 5.49. The van der Waals surface area contributed by atoms with Gasteiger partial charge in [0.2, 0.25) is 5.82 Å². The van der Waals surface area contributed by atoms with E-state index in [0.29, 0.717) is 11.9 Å². The first-order valence-corrected chi connectivity index (χ1v) is 8.85. The molecule has 6 heteroatoms. The quantitative estimate of drug-likeness (QED) is 0.690. The summed E-state index contributed by atoms with van der Waals surface area (Å²) >= 11 is 0. The number of furan rings is 1. The van der Waals surface area contributed by atoms with Crippen molar-refractivity contribution in [3.05, 3.63) is 42.9 Å². The lowest BCUT2D eigenvalue weighted by molar-refractivity contribution is 0.320. The molecule has 0 N–H and O–H groups in total. The van der Waals surface area contributed by atoms with Gasteiger partial charge in [-0.25, -0.2) is 14.6 Å². The maximum absolute atomic E-state index is 5.49. The fraction of sp³-hybridized carbons (Fsp3) is 0.500. The molecule has 1 aliphatic rings. The minimum atomic E-state index is 0.484. The predicted molar refractivity (Wildman–Crippen MR) is 90.4 cm³/mol. The number of hydrogen-bond acceptors (Lipinski definition) is 4. The third-order valence-corrected chi connectivity index (χ3v) is 4.74. The number of hydrogen-bond donors (Lipinski definition) is 0. The number of imidazole rings is 1. The fourth-order valence-electron chi connectivity index (χ4n) is 3.49. The van der Waals surface area contributed by atoms with Crippen LogP contribution in [0, 0.1) is 0 Å². The fourth-order valence-corrected chi connectivity index (χ4v) is 3.49. The van der Waals surface area contributed by atoms with Gasteiger partial charge < -0.3 is 8.98 Å². The Bertz CT molecular complexity index is 739. The molecular weight excluding hydrogens is 302 g/mol. The van der Waals surface area contributed by atoms with E-state index < -0.39 is 0 Å². The molecule has 0 saturated heterocycles. The van der Waals surface area contributed by atoms with Gasteiger partial charge in [-0.3, -0.25) is 0 Å². The van der Waals surface area contributed by atoms with E-state index in [-0.39, 0.29) is 0 Å². The molecule has 0 unspecified atom stereocenters. The van der Waals surface area contributed by atoms with Crippen molar-refractivity contribution in [1.82, 2.24) is 24.3 Å². The third kappa shape index (κ3) is 3.27. The summed E-state index contributed by atoms with van der Waals surface area (Å²) < 4.78 is 9.77. The highest BCUT2D eigenvalue weighted by molar-refractivity contribution is 5.45. The molecule has 3 heterocycles. The molecule has 3 aromatic rings. The van der Waals surface area contributed by atoms with Crippen molar-refractivity contribution < 1.29 is 4.42 Å². The van der Waals surface area contributed by atoms with Crippen LogP contribution in [0.1, 0.15) is 50.4 Å². The average Bonchev–Trinajstić information content (AvgIpc) is 3.37. The first-order chi connectivity index (χ1) is 11.9. The lowest BCUT2D eigenvalue weighted by atomic mass is 9.95. The van der Waals surface area contributed by atoms with Crippen molar-refractivity contribution in [3.8, 4) is 11.6 Å². The number of aryl methyl sites for hydroxylation is 2. The molecular formula is C18H23N5O.